The molecule has 0 bridgehead atoms. The van der Waals surface area contributed by atoms with E-state index in [1.165, 1.54) is 38.5 Å². The van der Waals surface area contributed by atoms with Crippen molar-refractivity contribution >= 4 is 51.0 Å². The highest BCUT2D eigenvalue weighted by Gasteiger charge is 2.38. The molecule has 0 radical (unpaired) electrons. The second-order valence-corrected chi connectivity index (χ2v) is 7.59. The van der Waals surface area contributed by atoms with Crippen LogP contribution in [0.5, 0.6) is 0 Å². The number of hydrogen-bond acceptors (Lipinski definition) is 1. The molecule has 112 valence electrons. The largest absolute Gasteiger partial charge is 0.289 e. The molecule has 3 heteroatoms. The van der Waals surface area contributed by atoms with Gasteiger partial charge in [-0.2, -0.15) is 0 Å². The Morgan fingerprint density at radius 2 is 1.25 bits per heavy atom. The van der Waals surface area contributed by atoms with Crippen molar-refractivity contribution in [2.24, 2.45) is 23.7 Å². The zero-order valence-corrected chi connectivity index (χ0v) is 16.7. The summed E-state index contributed by atoms with van der Waals surface area (Å²) < 4.78 is 4.10. The van der Waals surface area contributed by atoms with E-state index in [4.69, 9.17) is 0 Å². The minimum atomic E-state index is 0.341. The number of carbonyl (C=O) groups is 1. The average molecular weight is 498 g/mol. The molecular formula is C17H24I2O. The summed E-state index contributed by atoms with van der Waals surface area (Å²) in [6.45, 7) is 4.51. The molecule has 0 aromatic carbocycles. The van der Waals surface area contributed by atoms with Crippen LogP contribution in [-0.2, 0) is 4.79 Å². The van der Waals surface area contributed by atoms with E-state index in [0.717, 1.165) is 23.0 Å². The Kier molecular flexibility index (Phi) is 6.57. The third-order valence-electron chi connectivity index (χ3n) is 5.27. The smallest absolute Gasteiger partial charge is 0.186 e. The van der Waals surface area contributed by atoms with Crippen molar-refractivity contribution in [1.29, 1.82) is 0 Å². The molecule has 2 aliphatic carbocycles. The lowest BCUT2D eigenvalue weighted by atomic mass is 9.65. The second-order valence-electron chi connectivity index (χ2n) is 6.34. The Morgan fingerprint density at radius 1 is 0.900 bits per heavy atom. The van der Waals surface area contributed by atoms with Gasteiger partial charge in [0.25, 0.3) is 0 Å². The quantitative estimate of drug-likeness (QED) is 0.321. The number of hydrogen-bond donors (Lipinski definition) is 0. The normalized spacial score (nSPS) is 34.4. The maximum Gasteiger partial charge on any atom is 0.186 e. The van der Waals surface area contributed by atoms with E-state index < -0.39 is 0 Å². The molecule has 0 aliphatic heterocycles. The highest BCUT2D eigenvalue weighted by Crippen LogP contribution is 2.45. The first-order valence-corrected chi connectivity index (χ1v) is 10.3. The fraction of sp³-hybridized carbons (Fsp3) is 0.706. The van der Waals surface area contributed by atoms with E-state index in [2.05, 4.69) is 59.0 Å². The minimum absolute atomic E-state index is 0.341. The zero-order valence-electron chi connectivity index (χ0n) is 12.4. The van der Waals surface area contributed by atoms with E-state index in [1.807, 2.05) is 8.17 Å². The van der Waals surface area contributed by atoms with Crippen molar-refractivity contribution < 1.29 is 4.79 Å². The van der Waals surface area contributed by atoms with Crippen LogP contribution in [0.4, 0.5) is 0 Å². The SMILES string of the molecule is CCC1CC(C(=CI)C(=O)C(=CI)C2CC(CC)C2)C1. The number of rotatable bonds is 6. The summed E-state index contributed by atoms with van der Waals surface area (Å²) in [5.41, 5.74) is 2.16. The highest BCUT2D eigenvalue weighted by atomic mass is 127. The molecule has 0 aromatic rings. The van der Waals surface area contributed by atoms with Crippen molar-refractivity contribution in [3.8, 4) is 0 Å². The molecule has 0 spiro atoms. The maximum atomic E-state index is 12.8. The molecule has 0 N–H and O–H groups in total. The Morgan fingerprint density at radius 3 is 1.50 bits per heavy atom. The molecule has 1 nitrogen and oxygen atoms in total. The molecule has 2 rings (SSSR count). The highest BCUT2D eigenvalue weighted by molar-refractivity contribution is 14.1. The number of allylic oxidation sites excluding steroid dienone is 2. The predicted octanol–water partition coefficient (Wildman–Crippen LogP) is 6.07. The summed E-state index contributed by atoms with van der Waals surface area (Å²) in [7, 11) is 0. The molecule has 2 fully saturated rings. The van der Waals surface area contributed by atoms with Crippen LogP contribution < -0.4 is 0 Å². The second kappa shape index (κ2) is 7.75. The number of halogens is 2. The third kappa shape index (κ3) is 3.50. The van der Waals surface area contributed by atoms with Crippen molar-refractivity contribution in [1.82, 2.24) is 0 Å². The van der Waals surface area contributed by atoms with E-state index >= 15 is 0 Å². The van der Waals surface area contributed by atoms with Gasteiger partial charge < -0.3 is 0 Å². The minimum Gasteiger partial charge on any atom is -0.289 e. The molecule has 0 aromatic heterocycles. The van der Waals surface area contributed by atoms with Gasteiger partial charge in [0.1, 0.15) is 0 Å². The molecular weight excluding hydrogens is 474 g/mol. The lowest BCUT2D eigenvalue weighted by molar-refractivity contribution is -0.114. The first-order chi connectivity index (χ1) is 9.64. The van der Waals surface area contributed by atoms with E-state index in [0.29, 0.717) is 17.6 Å². The van der Waals surface area contributed by atoms with Gasteiger partial charge >= 0.3 is 0 Å². The van der Waals surface area contributed by atoms with Gasteiger partial charge in [-0.3, -0.25) is 4.79 Å². The van der Waals surface area contributed by atoms with Crippen LogP contribution in [0.1, 0.15) is 52.4 Å². The number of carbonyl (C=O) groups excluding carboxylic acids is 1. The summed E-state index contributed by atoms with van der Waals surface area (Å²) in [6.07, 6.45) is 7.38. The van der Waals surface area contributed by atoms with Crippen LogP contribution in [0.2, 0.25) is 0 Å². The first kappa shape index (κ1) is 17.0. The number of Topliss-reactive ketones (excluding diaryl/α,β-unsaturated/α-hetero) is 1. The Balaban J connectivity index is 1.98. The van der Waals surface area contributed by atoms with Gasteiger partial charge in [-0.25, -0.2) is 0 Å². The molecule has 2 aliphatic rings. The predicted molar refractivity (Wildman–Crippen MR) is 102 cm³/mol. The monoisotopic (exact) mass is 498 g/mol. The van der Waals surface area contributed by atoms with Crippen molar-refractivity contribution in [3.05, 3.63) is 19.3 Å². The van der Waals surface area contributed by atoms with E-state index in [1.54, 1.807) is 0 Å². The molecule has 0 atom stereocenters. The molecule has 0 heterocycles. The van der Waals surface area contributed by atoms with Crippen LogP contribution in [0, 0.1) is 23.7 Å². The summed E-state index contributed by atoms with van der Waals surface area (Å²) in [5.74, 6) is 3.09. The summed E-state index contributed by atoms with van der Waals surface area (Å²) >= 11 is 4.52. The maximum absolute atomic E-state index is 12.8. The van der Waals surface area contributed by atoms with Gasteiger partial charge in [0.2, 0.25) is 0 Å². The van der Waals surface area contributed by atoms with Gasteiger partial charge in [-0.15, -0.1) is 0 Å². The fourth-order valence-electron chi connectivity index (χ4n) is 3.46. The van der Waals surface area contributed by atoms with Gasteiger partial charge in [0, 0.05) is 11.1 Å². The van der Waals surface area contributed by atoms with Crippen LogP contribution >= 0.6 is 45.2 Å². The summed E-state index contributed by atoms with van der Waals surface area (Å²) in [4.78, 5) is 12.8. The molecule has 20 heavy (non-hydrogen) atoms. The Hall–Kier alpha value is 0.610. The summed E-state index contributed by atoms with van der Waals surface area (Å²) in [5, 5.41) is 0. The van der Waals surface area contributed by atoms with Gasteiger partial charge in [-0.1, -0.05) is 71.9 Å². The topological polar surface area (TPSA) is 17.1 Å². The van der Waals surface area contributed by atoms with E-state index in [-0.39, 0.29) is 0 Å². The van der Waals surface area contributed by atoms with Gasteiger partial charge in [0.05, 0.1) is 0 Å². The Bertz CT molecular complexity index is 375. The van der Waals surface area contributed by atoms with Crippen LogP contribution in [0.3, 0.4) is 0 Å². The van der Waals surface area contributed by atoms with Gasteiger partial charge in [0.15, 0.2) is 5.78 Å². The lowest BCUT2D eigenvalue weighted by Gasteiger charge is -2.39. The number of ketones is 1. The van der Waals surface area contributed by atoms with Crippen molar-refractivity contribution in [3.63, 3.8) is 0 Å². The molecule has 0 saturated heterocycles. The van der Waals surface area contributed by atoms with Crippen LogP contribution in [0.15, 0.2) is 19.3 Å². The van der Waals surface area contributed by atoms with Gasteiger partial charge in [-0.05, 0) is 57.5 Å². The molecule has 2 saturated carbocycles. The lowest BCUT2D eigenvalue weighted by Crippen LogP contribution is -2.32. The average Bonchev–Trinajstić information content (AvgIpc) is 2.36. The zero-order chi connectivity index (χ0) is 14.7. The molecule has 0 unspecified atom stereocenters. The fourth-order valence-corrected chi connectivity index (χ4v) is 5.04. The van der Waals surface area contributed by atoms with Crippen molar-refractivity contribution in [2.45, 2.75) is 52.4 Å². The van der Waals surface area contributed by atoms with E-state index in [9.17, 15) is 4.79 Å². The van der Waals surface area contributed by atoms with Crippen LogP contribution in [0.25, 0.3) is 0 Å². The van der Waals surface area contributed by atoms with Crippen LogP contribution in [-0.4, -0.2) is 5.78 Å². The third-order valence-corrected chi connectivity index (χ3v) is 6.61. The summed E-state index contributed by atoms with van der Waals surface area (Å²) in [6, 6.07) is 0. The first-order valence-electron chi connectivity index (χ1n) is 7.79. The molecule has 0 amide bonds. The van der Waals surface area contributed by atoms with Crippen molar-refractivity contribution in [2.75, 3.05) is 0 Å². The Labute approximate surface area is 150 Å². The standard InChI is InChI=1S/C17H24I2O/c1-3-11-5-13(6-11)15(9-18)17(20)16(10-19)14-7-12(4-2)8-14/h9-14H,3-8H2,1-2H3.